The van der Waals surface area contributed by atoms with Crippen molar-refractivity contribution in [1.82, 2.24) is 19.9 Å². The van der Waals surface area contributed by atoms with Gasteiger partial charge in [0, 0.05) is 0 Å². The maximum Gasteiger partial charge on any atom is 0.248 e. The van der Waals surface area contributed by atoms with Gasteiger partial charge in [0.25, 0.3) is 0 Å². The normalized spacial score (nSPS) is 10.5. The molecule has 1 N–H and O–H groups in total. The van der Waals surface area contributed by atoms with Crippen molar-refractivity contribution in [3.05, 3.63) is 36.9 Å². The Labute approximate surface area is 103 Å². The lowest BCUT2D eigenvalue weighted by Crippen LogP contribution is -1.91. The minimum Gasteiger partial charge on any atom is -0.497 e. The topological polar surface area (TPSA) is 72.9 Å². The molecule has 1 aromatic carbocycles. The molecule has 18 heavy (non-hydrogen) atoms. The van der Waals surface area contributed by atoms with Gasteiger partial charge in [-0.25, -0.2) is 9.97 Å². The summed E-state index contributed by atoms with van der Waals surface area (Å²) in [6.07, 6.45) is 2.97. The Morgan fingerprint density at radius 3 is 2.56 bits per heavy atom. The summed E-state index contributed by atoms with van der Waals surface area (Å²) >= 11 is 0. The third-order valence-electron chi connectivity index (χ3n) is 2.46. The van der Waals surface area contributed by atoms with Crippen LogP contribution in [0.25, 0.3) is 11.2 Å². The first kappa shape index (κ1) is 10.5. The molecule has 6 heteroatoms. The number of ether oxygens (including phenoxy) is 2. The largest absolute Gasteiger partial charge is 0.497 e. The van der Waals surface area contributed by atoms with E-state index in [0.29, 0.717) is 22.8 Å². The zero-order valence-electron chi connectivity index (χ0n) is 9.62. The van der Waals surface area contributed by atoms with Crippen molar-refractivity contribution in [3.63, 3.8) is 0 Å². The van der Waals surface area contributed by atoms with Crippen LogP contribution in [-0.2, 0) is 0 Å². The molecule has 0 amide bonds. The molecular weight excluding hydrogens is 232 g/mol. The lowest BCUT2D eigenvalue weighted by Gasteiger charge is -2.05. The number of aromatic amines is 1. The first-order valence-corrected chi connectivity index (χ1v) is 5.33. The summed E-state index contributed by atoms with van der Waals surface area (Å²) in [7, 11) is 1.62. The third kappa shape index (κ3) is 1.84. The molecule has 0 saturated carbocycles. The Hall–Kier alpha value is -2.63. The maximum atomic E-state index is 5.67. The van der Waals surface area contributed by atoms with E-state index in [0.717, 1.165) is 5.75 Å². The van der Waals surface area contributed by atoms with Crippen LogP contribution in [0.4, 0.5) is 0 Å². The van der Waals surface area contributed by atoms with E-state index in [4.69, 9.17) is 9.47 Å². The van der Waals surface area contributed by atoms with Gasteiger partial charge in [0.05, 0.1) is 13.4 Å². The Balaban J connectivity index is 1.93. The maximum absolute atomic E-state index is 5.67. The summed E-state index contributed by atoms with van der Waals surface area (Å²) in [4.78, 5) is 15.1. The van der Waals surface area contributed by atoms with Crippen LogP contribution >= 0.6 is 0 Å². The van der Waals surface area contributed by atoms with Gasteiger partial charge in [0.1, 0.15) is 23.3 Å². The van der Waals surface area contributed by atoms with Crippen molar-refractivity contribution in [2.75, 3.05) is 7.11 Å². The molecule has 6 nitrogen and oxygen atoms in total. The van der Waals surface area contributed by atoms with Crippen molar-refractivity contribution in [2.24, 2.45) is 0 Å². The highest BCUT2D eigenvalue weighted by Gasteiger charge is 2.07. The van der Waals surface area contributed by atoms with E-state index >= 15 is 0 Å². The number of aromatic nitrogens is 4. The smallest absolute Gasteiger partial charge is 0.248 e. The van der Waals surface area contributed by atoms with Gasteiger partial charge in [0.2, 0.25) is 5.88 Å². The number of nitrogens with one attached hydrogen (secondary N) is 1. The summed E-state index contributed by atoms with van der Waals surface area (Å²) < 4.78 is 10.8. The number of nitrogens with zero attached hydrogens (tertiary/aromatic N) is 3. The Bertz CT molecular complexity index is 663. The molecule has 0 fully saturated rings. The zero-order valence-corrected chi connectivity index (χ0v) is 9.62. The number of fused-ring (bicyclic) bond motifs is 1. The average Bonchev–Trinajstić information content (AvgIpc) is 2.89. The highest BCUT2D eigenvalue weighted by atomic mass is 16.5. The molecule has 90 valence electrons. The minimum atomic E-state index is 0.447. The Morgan fingerprint density at radius 2 is 1.78 bits per heavy atom. The van der Waals surface area contributed by atoms with Crippen LogP contribution in [0.15, 0.2) is 36.9 Å². The van der Waals surface area contributed by atoms with E-state index in [1.165, 1.54) is 6.33 Å². The summed E-state index contributed by atoms with van der Waals surface area (Å²) in [6, 6.07) is 7.26. The van der Waals surface area contributed by atoms with E-state index in [9.17, 15) is 0 Å². The number of hydrogen-bond donors (Lipinski definition) is 1. The van der Waals surface area contributed by atoms with Crippen LogP contribution in [-0.4, -0.2) is 27.0 Å². The lowest BCUT2D eigenvalue weighted by molar-refractivity contribution is 0.412. The van der Waals surface area contributed by atoms with E-state index < -0.39 is 0 Å². The highest BCUT2D eigenvalue weighted by Crippen LogP contribution is 2.25. The number of H-pyrrole nitrogens is 1. The molecule has 2 heterocycles. The van der Waals surface area contributed by atoms with Gasteiger partial charge in [-0.05, 0) is 24.3 Å². The number of imidazole rings is 1. The predicted molar refractivity (Wildman–Crippen MR) is 64.8 cm³/mol. The Kier molecular flexibility index (Phi) is 2.53. The summed E-state index contributed by atoms with van der Waals surface area (Å²) in [6.45, 7) is 0. The van der Waals surface area contributed by atoms with Gasteiger partial charge in [-0.3, -0.25) is 0 Å². The molecule has 0 aliphatic carbocycles. The molecule has 0 atom stereocenters. The standard InChI is InChI=1S/C12H10N4O2/c1-17-8-2-4-9(5-3-8)18-12-10-11(14-6-13-10)15-7-16-12/h2-7H,1H3,(H,13,14,15,16). The van der Waals surface area contributed by atoms with Crippen molar-refractivity contribution in [3.8, 4) is 17.4 Å². The molecule has 0 radical (unpaired) electrons. The predicted octanol–water partition coefficient (Wildman–Crippen LogP) is 2.15. The molecule has 0 aliphatic heterocycles. The second-order valence-electron chi connectivity index (χ2n) is 3.56. The Morgan fingerprint density at radius 1 is 1.00 bits per heavy atom. The first-order valence-electron chi connectivity index (χ1n) is 5.33. The van der Waals surface area contributed by atoms with Crippen LogP contribution in [0.2, 0.25) is 0 Å². The van der Waals surface area contributed by atoms with Gasteiger partial charge >= 0.3 is 0 Å². The average molecular weight is 242 g/mol. The van der Waals surface area contributed by atoms with Gasteiger partial charge in [0.15, 0.2) is 5.65 Å². The molecule has 0 bridgehead atoms. The van der Waals surface area contributed by atoms with E-state index in [2.05, 4.69) is 19.9 Å². The van der Waals surface area contributed by atoms with Crippen LogP contribution in [0.5, 0.6) is 17.4 Å². The van der Waals surface area contributed by atoms with E-state index in [-0.39, 0.29) is 0 Å². The van der Waals surface area contributed by atoms with E-state index in [1.807, 2.05) is 24.3 Å². The van der Waals surface area contributed by atoms with Gasteiger partial charge in [-0.15, -0.1) is 0 Å². The zero-order chi connectivity index (χ0) is 12.4. The number of rotatable bonds is 3. The quantitative estimate of drug-likeness (QED) is 0.761. The molecule has 3 rings (SSSR count). The number of methoxy groups -OCH3 is 1. The van der Waals surface area contributed by atoms with Crippen molar-refractivity contribution in [1.29, 1.82) is 0 Å². The van der Waals surface area contributed by atoms with Crippen LogP contribution < -0.4 is 9.47 Å². The van der Waals surface area contributed by atoms with Crippen LogP contribution in [0.3, 0.4) is 0 Å². The van der Waals surface area contributed by atoms with Crippen LogP contribution in [0.1, 0.15) is 0 Å². The minimum absolute atomic E-state index is 0.447. The molecule has 2 aromatic heterocycles. The number of hydrogen-bond acceptors (Lipinski definition) is 5. The lowest BCUT2D eigenvalue weighted by atomic mass is 10.3. The molecule has 0 spiro atoms. The molecule has 0 unspecified atom stereocenters. The molecule has 3 aromatic rings. The number of benzene rings is 1. The first-order chi connectivity index (χ1) is 8.86. The highest BCUT2D eigenvalue weighted by molar-refractivity contribution is 5.75. The fourth-order valence-corrected chi connectivity index (χ4v) is 1.58. The fraction of sp³-hybridized carbons (Fsp3) is 0.0833. The monoisotopic (exact) mass is 242 g/mol. The van der Waals surface area contributed by atoms with Crippen molar-refractivity contribution >= 4 is 11.2 Å². The molecule has 0 saturated heterocycles. The second-order valence-corrected chi connectivity index (χ2v) is 3.56. The molecule has 0 aliphatic rings. The SMILES string of the molecule is COc1ccc(Oc2ncnc3nc[nH]c23)cc1. The van der Waals surface area contributed by atoms with Crippen LogP contribution in [0, 0.1) is 0 Å². The van der Waals surface area contributed by atoms with Crippen molar-refractivity contribution < 1.29 is 9.47 Å². The van der Waals surface area contributed by atoms with Gasteiger partial charge < -0.3 is 14.5 Å². The molecular formula is C12H10N4O2. The van der Waals surface area contributed by atoms with E-state index in [1.54, 1.807) is 13.4 Å². The van der Waals surface area contributed by atoms with Gasteiger partial charge in [-0.2, -0.15) is 4.98 Å². The summed E-state index contributed by atoms with van der Waals surface area (Å²) in [5, 5.41) is 0. The summed E-state index contributed by atoms with van der Waals surface area (Å²) in [5.74, 6) is 1.89. The second kappa shape index (κ2) is 4.33. The summed E-state index contributed by atoms with van der Waals surface area (Å²) in [5.41, 5.74) is 1.25. The van der Waals surface area contributed by atoms with Crippen molar-refractivity contribution in [2.45, 2.75) is 0 Å². The van der Waals surface area contributed by atoms with Gasteiger partial charge in [-0.1, -0.05) is 0 Å². The third-order valence-corrected chi connectivity index (χ3v) is 2.46. The fourth-order valence-electron chi connectivity index (χ4n) is 1.58.